The second-order valence-electron chi connectivity index (χ2n) is 7.64. The Bertz CT molecular complexity index is 1080. The molecular formula is C16H26BBr2F10I3N18O4Os3P-7. The molecule has 42 heteroatoms. The number of hydrazine groups is 3. The number of rotatable bonds is 3. The summed E-state index contributed by atoms with van der Waals surface area (Å²) < 4.78 is 88.2. The summed E-state index contributed by atoms with van der Waals surface area (Å²) in [4.78, 5) is 18.0. The molecule has 0 amide bonds. The van der Waals surface area contributed by atoms with Crippen LogP contribution in [0.15, 0.2) is 30.6 Å². The van der Waals surface area contributed by atoms with Gasteiger partial charge in [-0.3, -0.25) is 22.5 Å². The van der Waals surface area contributed by atoms with Crippen LogP contribution in [0.25, 0.3) is 0 Å². The molecule has 0 radical (unpaired) electrons. The topological polar surface area (TPSA) is 240 Å². The number of nitrogens with zero attached hydrogens (tertiary/aromatic N) is 12. The number of aliphatic carboxylic acids is 2. The Morgan fingerprint density at radius 1 is 0.603 bits per heavy atom. The van der Waals surface area contributed by atoms with Gasteiger partial charge >= 0.3 is 151 Å². The molecule has 0 aromatic rings. The van der Waals surface area contributed by atoms with Crippen molar-refractivity contribution in [2.24, 2.45) is 30.6 Å². The van der Waals surface area contributed by atoms with Crippen molar-refractivity contribution in [3.05, 3.63) is 40.0 Å². The second kappa shape index (κ2) is 38.1. The Balaban J connectivity index is -0.000000136. The fourth-order valence-electron chi connectivity index (χ4n) is 2.07. The molecule has 0 saturated heterocycles. The monoisotopic (exact) mass is 1880 g/mol. The molecule has 0 spiro atoms. The number of hydrogen-bond donors (Lipinski definition) is 8. The molecule has 6 aliphatic heterocycles. The summed E-state index contributed by atoms with van der Waals surface area (Å²) in [5.41, 5.74) is 16.0. The van der Waals surface area contributed by atoms with E-state index in [2.05, 4.69) is 130 Å². The van der Waals surface area contributed by atoms with Crippen molar-refractivity contribution in [1.82, 2.24) is 62.6 Å². The Labute approximate surface area is 404 Å². The maximum atomic E-state index is 9.87. The van der Waals surface area contributed by atoms with Crippen LogP contribution in [0.3, 0.4) is 0 Å². The van der Waals surface area contributed by atoms with E-state index in [1.165, 1.54) is 0 Å². The summed E-state index contributed by atoms with van der Waals surface area (Å²) in [6.07, 6.45) is 9.81. The maximum Gasteiger partial charge on any atom is 2.00 e. The predicted octanol–water partition coefficient (Wildman–Crippen LogP) is -1.58. The minimum absolute atomic E-state index is 0. The van der Waals surface area contributed by atoms with Gasteiger partial charge in [0.15, 0.2) is 0 Å². The zero-order valence-corrected chi connectivity index (χ0v) is 45.9. The summed E-state index contributed by atoms with van der Waals surface area (Å²) in [5.74, 6) is -1.67. The van der Waals surface area contributed by atoms with Gasteiger partial charge in [0.1, 0.15) is 0 Å². The van der Waals surface area contributed by atoms with E-state index >= 15 is 0 Å². The Kier molecular flexibility index (Phi) is 45.4. The van der Waals surface area contributed by atoms with Crippen molar-refractivity contribution < 1.29 is 130 Å². The molecule has 6 rings (SSSR count). The van der Waals surface area contributed by atoms with Crippen molar-refractivity contribution in [2.45, 2.75) is 13.8 Å². The number of hydrogen-bond acceptors (Lipinski definition) is 20. The Hall–Kier alpha value is -0.586. The molecule has 22 nitrogen and oxygen atoms in total. The van der Waals surface area contributed by atoms with Gasteiger partial charge in [0, 0.05) is 13.8 Å². The molecular weight excluding hydrogens is 1850 g/mol. The fourth-order valence-corrected chi connectivity index (χ4v) is 2.07. The fraction of sp³-hybridized carbons (Fsp3) is 0.125. The predicted molar refractivity (Wildman–Crippen MR) is 202 cm³/mol. The van der Waals surface area contributed by atoms with Crippen LogP contribution in [-0.2, 0) is 53.1 Å². The van der Waals surface area contributed by atoms with E-state index in [1.54, 1.807) is 108 Å². The average molecular weight is 1880 g/mol. The van der Waals surface area contributed by atoms with Gasteiger partial charge in [-0.1, -0.05) is 0 Å². The smallest absolute Gasteiger partial charge is 2.00 e. The molecule has 0 aromatic carbocycles. The summed E-state index contributed by atoms with van der Waals surface area (Å²) in [6.45, 7) is 12.4. The van der Waals surface area contributed by atoms with E-state index < -0.39 is 27.3 Å². The molecule has 0 aliphatic carbocycles. The average Bonchev–Trinajstić information content (AvgIpc) is 3.91. The Morgan fingerprint density at radius 3 is 0.741 bits per heavy atom. The Morgan fingerprint density at radius 2 is 0.690 bits per heavy atom. The zero-order valence-electron chi connectivity index (χ0n) is 27.8. The largest absolute Gasteiger partial charge is 2.00 e. The van der Waals surface area contributed by atoms with E-state index in [1.807, 2.05) is 0 Å². The molecule has 8 N–H and O–H groups in total. The summed E-state index contributed by atoms with van der Waals surface area (Å²) >= 11 is 11.3. The van der Waals surface area contributed by atoms with E-state index in [0.717, 1.165) is 13.8 Å². The molecule has 348 valence electrons. The number of nitrogens with one attached hydrogen (secondary N) is 6. The zero-order chi connectivity index (χ0) is 43.0. The van der Waals surface area contributed by atoms with Gasteiger partial charge in [0.05, 0.1) is 38.0 Å². The van der Waals surface area contributed by atoms with Gasteiger partial charge in [0.25, 0.3) is 11.9 Å². The third-order valence-corrected chi connectivity index (χ3v) is 3.44. The normalized spacial score (nSPS) is 16.1. The summed E-state index contributed by atoms with van der Waals surface area (Å²) in [7, 11) is -14.0. The minimum atomic E-state index is -10.7. The summed E-state index contributed by atoms with van der Waals surface area (Å²) in [5, 5.41) is 47.8. The van der Waals surface area contributed by atoms with Crippen LogP contribution in [0.4, 0.5) is 38.1 Å². The number of hydrazone groups is 6. The van der Waals surface area contributed by atoms with Crippen LogP contribution in [-0.4, -0.2) is 97.8 Å². The van der Waals surface area contributed by atoms with E-state index in [0.29, 0.717) is 10.3 Å². The SMILES string of the molecule is C1=NN[CH-]N1N1C=NN[CH-]1.C1=NN[CH-]N1N1C=NN[CH-]1.C1=NN[CH-]N1N1C=NN[CH-]1.CC(=O)O.CC(=O)O.FB(F)F.F[P-](F)(F)(F)(F)F.[Br][Os][Br].[F-].[I-].[I][Os][I].[Os+2]. The van der Waals surface area contributed by atoms with E-state index in [-0.39, 0.29) is 61.9 Å². The van der Waals surface area contributed by atoms with Gasteiger partial charge in [-0.15, -0.1) is 40.0 Å². The first-order chi connectivity index (χ1) is 25.4. The van der Waals surface area contributed by atoms with Crippen LogP contribution < -0.4 is 61.2 Å². The molecule has 0 atom stereocenters. The van der Waals surface area contributed by atoms with E-state index in [4.69, 9.17) is 19.8 Å². The second-order valence-corrected chi connectivity index (χ2v) is 39.2. The number of carbonyl (C=O) groups is 2. The number of halogens is 15. The van der Waals surface area contributed by atoms with E-state index in [9.17, 15) is 38.1 Å². The van der Waals surface area contributed by atoms with Crippen LogP contribution in [0.1, 0.15) is 13.8 Å². The molecule has 0 bridgehead atoms. The van der Waals surface area contributed by atoms with Gasteiger partial charge in [-0.25, -0.2) is 30.6 Å². The van der Waals surface area contributed by atoms with Crippen LogP contribution in [0.5, 0.6) is 0 Å². The van der Waals surface area contributed by atoms with Gasteiger partial charge in [0.2, 0.25) is 0 Å². The minimum Gasteiger partial charge on any atom is 2.00 e. The number of carboxylic acids is 2. The molecule has 0 unspecified atom stereocenters. The standard InChI is InChI=1S/3C4H6N6.2C2H4O2.BF3.2BrH.F6P.FH.3HI.3Os/c3*1-5-6-2-9(1)10-3-7-8-4-10;2*1-2(3)4;2-1(3)4;;;1-7(2,3,4,5)6;;;;;;;/h3*1-5,7H;2*1H3,(H,3,4);;2*1H;;4*1H;;;/q3*-2;;;;;;-1;;;;;3*+2/p-6. The maximum absolute atomic E-state index is 10.7. The van der Waals surface area contributed by atoms with Crippen molar-refractivity contribution in [3.8, 4) is 0 Å². The van der Waals surface area contributed by atoms with Crippen molar-refractivity contribution in [1.29, 1.82) is 0 Å². The first-order valence-electron chi connectivity index (χ1n) is 12.4. The molecule has 6 heterocycles. The van der Waals surface area contributed by atoms with Crippen molar-refractivity contribution in [3.63, 3.8) is 0 Å². The molecule has 0 fully saturated rings. The molecule has 0 aromatic heterocycles. The van der Waals surface area contributed by atoms with Crippen LogP contribution in [0.2, 0.25) is 0 Å². The third kappa shape index (κ3) is 57.5. The number of carboxylic acid groups (broad SMARTS) is 2. The van der Waals surface area contributed by atoms with Gasteiger partial charge < -0.3 is 102 Å². The van der Waals surface area contributed by atoms with Gasteiger partial charge in [-0.2, -0.15) is 0 Å². The first-order valence-corrected chi connectivity index (χ1v) is 39.9. The van der Waals surface area contributed by atoms with Crippen LogP contribution >= 0.6 is 74.3 Å². The third-order valence-electron chi connectivity index (χ3n) is 3.44. The summed E-state index contributed by atoms with van der Waals surface area (Å²) in [6, 6.07) is 0. The van der Waals surface area contributed by atoms with Crippen molar-refractivity contribution >= 4 is 132 Å². The van der Waals surface area contributed by atoms with Crippen LogP contribution in [0, 0.1) is 40.0 Å². The van der Waals surface area contributed by atoms with Gasteiger partial charge in [-0.05, 0) is 0 Å². The quantitative estimate of drug-likeness (QED) is 0.0523. The molecule has 58 heavy (non-hydrogen) atoms. The molecule has 0 saturated carbocycles. The molecule has 6 aliphatic rings. The first kappa shape index (κ1) is 69.1. The van der Waals surface area contributed by atoms with Crippen molar-refractivity contribution in [2.75, 3.05) is 0 Å².